The molecule has 2 aromatic carbocycles. The predicted molar refractivity (Wildman–Crippen MR) is 104 cm³/mol. The number of imidazole rings is 1. The van der Waals surface area contributed by atoms with Crippen molar-refractivity contribution in [2.75, 3.05) is 13.1 Å². The molecule has 0 atom stereocenters. The van der Waals surface area contributed by atoms with Gasteiger partial charge in [-0.05, 0) is 50.1 Å². The lowest BCUT2D eigenvalue weighted by atomic mass is 10.0. The van der Waals surface area contributed by atoms with Crippen LogP contribution in [-0.2, 0) is 0 Å². The first-order chi connectivity index (χ1) is 13.1. The van der Waals surface area contributed by atoms with Crippen molar-refractivity contribution in [1.82, 2.24) is 20.2 Å². The van der Waals surface area contributed by atoms with Crippen molar-refractivity contribution >= 4 is 22.8 Å². The van der Waals surface area contributed by atoms with Crippen molar-refractivity contribution in [3.05, 3.63) is 65.5 Å². The van der Waals surface area contributed by atoms with Gasteiger partial charge in [0.25, 0.3) is 11.8 Å². The summed E-state index contributed by atoms with van der Waals surface area (Å²) in [6.07, 6.45) is 3.14. The summed E-state index contributed by atoms with van der Waals surface area (Å²) in [4.78, 5) is 34.2. The third-order valence-corrected chi connectivity index (χ3v) is 5.10. The van der Waals surface area contributed by atoms with Crippen LogP contribution in [0.1, 0.15) is 39.1 Å². The van der Waals surface area contributed by atoms with Crippen LogP contribution in [0.3, 0.4) is 0 Å². The maximum Gasteiger partial charge on any atom is 0.253 e. The number of likely N-dealkylation sites (tertiary alicyclic amines) is 1. The Labute approximate surface area is 157 Å². The third-order valence-electron chi connectivity index (χ3n) is 5.10. The molecule has 1 aliphatic rings. The zero-order chi connectivity index (χ0) is 18.8. The lowest BCUT2D eigenvalue weighted by molar-refractivity contribution is 0.0698. The Bertz CT molecular complexity index is 969. The Hall–Kier alpha value is -3.15. The number of aromatic nitrogens is 2. The summed E-state index contributed by atoms with van der Waals surface area (Å²) in [5.74, 6) is -0.0284. The number of nitrogens with one attached hydrogen (secondary N) is 2. The van der Waals surface area contributed by atoms with Gasteiger partial charge in [-0.2, -0.15) is 0 Å². The number of benzene rings is 2. The third kappa shape index (κ3) is 3.69. The van der Waals surface area contributed by atoms with Crippen molar-refractivity contribution in [1.29, 1.82) is 0 Å². The molecule has 1 aromatic heterocycles. The second-order valence-electron chi connectivity index (χ2n) is 7.04. The van der Waals surface area contributed by atoms with Gasteiger partial charge in [-0.1, -0.05) is 17.7 Å². The number of nitrogens with zero attached hydrogens (tertiary/aromatic N) is 2. The van der Waals surface area contributed by atoms with Gasteiger partial charge in [0.05, 0.1) is 17.4 Å². The summed E-state index contributed by atoms with van der Waals surface area (Å²) in [7, 11) is 0. The van der Waals surface area contributed by atoms with Crippen LogP contribution in [0.15, 0.2) is 48.8 Å². The fourth-order valence-corrected chi connectivity index (χ4v) is 3.45. The van der Waals surface area contributed by atoms with E-state index < -0.39 is 0 Å². The van der Waals surface area contributed by atoms with Gasteiger partial charge in [0, 0.05) is 30.3 Å². The average Bonchev–Trinajstić information content (AvgIpc) is 3.16. The second-order valence-corrected chi connectivity index (χ2v) is 7.04. The van der Waals surface area contributed by atoms with Crippen molar-refractivity contribution in [2.45, 2.75) is 25.8 Å². The van der Waals surface area contributed by atoms with E-state index in [1.165, 1.54) is 0 Å². The van der Waals surface area contributed by atoms with Gasteiger partial charge in [0.2, 0.25) is 0 Å². The van der Waals surface area contributed by atoms with Crippen LogP contribution in [0, 0.1) is 6.92 Å². The normalized spacial score (nSPS) is 15.1. The van der Waals surface area contributed by atoms with E-state index in [2.05, 4.69) is 15.3 Å². The molecule has 6 heteroatoms. The van der Waals surface area contributed by atoms with E-state index in [9.17, 15) is 9.59 Å². The van der Waals surface area contributed by atoms with Crippen molar-refractivity contribution in [3.8, 4) is 0 Å². The number of aromatic amines is 1. The predicted octanol–water partition coefficient (Wildman–Crippen LogP) is 2.91. The first kappa shape index (κ1) is 17.3. The molecule has 0 radical (unpaired) electrons. The van der Waals surface area contributed by atoms with Gasteiger partial charge in [0.1, 0.15) is 0 Å². The fraction of sp³-hybridized carbons (Fsp3) is 0.286. The Morgan fingerprint density at radius 1 is 1.07 bits per heavy atom. The molecule has 138 valence electrons. The molecule has 1 saturated heterocycles. The number of carbonyl (C=O) groups excluding carboxylic acids is 2. The van der Waals surface area contributed by atoms with Crippen molar-refractivity contribution < 1.29 is 9.59 Å². The molecular weight excluding hydrogens is 340 g/mol. The zero-order valence-electron chi connectivity index (χ0n) is 15.2. The van der Waals surface area contributed by atoms with Gasteiger partial charge in [-0.3, -0.25) is 9.59 Å². The summed E-state index contributed by atoms with van der Waals surface area (Å²) in [5, 5.41) is 3.09. The maximum atomic E-state index is 12.6. The number of rotatable bonds is 3. The first-order valence-corrected chi connectivity index (χ1v) is 9.20. The van der Waals surface area contributed by atoms with E-state index in [4.69, 9.17) is 0 Å². The summed E-state index contributed by atoms with van der Waals surface area (Å²) < 4.78 is 0. The number of hydrogen-bond acceptors (Lipinski definition) is 3. The molecule has 6 nitrogen and oxygen atoms in total. The number of aryl methyl sites for hydroxylation is 1. The molecule has 1 aliphatic heterocycles. The van der Waals surface area contributed by atoms with Crippen LogP contribution in [0.4, 0.5) is 0 Å². The Morgan fingerprint density at radius 3 is 2.52 bits per heavy atom. The van der Waals surface area contributed by atoms with Crippen LogP contribution >= 0.6 is 0 Å². The molecule has 2 N–H and O–H groups in total. The van der Waals surface area contributed by atoms with Crippen LogP contribution < -0.4 is 5.32 Å². The van der Waals surface area contributed by atoms with Gasteiger partial charge in [-0.15, -0.1) is 0 Å². The van der Waals surface area contributed by atoms with E-state index in [1.807, 2.05) is 48.2 Å². The molecule has 27 heavy (non-hydrogen) atoms. The highest BCUT2D eigenvalue weighted by molar-refractivity contribution is 5.97. The first-order valence-electron chi connectivity index (χ1n) is 9.20. The molecule has 0 unspecified atom stereocenters. The smallest absolute Gasteiger partial charge is 0.253 e. The van der Waals surface area contributed by atoms with Gasteiger partial charge in [-0.25, -0.2) is 4.98 Å². The molecule has 0 spiro atoms. The minimum absolute atomic E-state index is 0.0597. The molecule has 4 rings (SSSR count). The standard InChI is InChI=1S/C21H22N4O2/c1-14-2-4-15(5-3-14)21(27)25-10-8-17(9-11-25)24-20(26)16-6-7-18-19(12-16)23-13-22-18/h2-7,12-13,17H,8-11H2,1H3,(H,22,23)(H,24,26). The number of hydrogen-bond donors (Lipinski definition) is 2. The molecule has 0 saturated carbocycles. The van der Waals surface area contributed by atoms with Gasteiger partial charge in [0.15, 0.2) is 0 Å². The lowest BCUT2D eigenvalue weighted by Gasteiger charge is -2.32. The number of amides is 2. The highest BCUT2D eigenvalue weighted by Crippen LogP contribution is 2.16. The highest BCUT2D eigenvalue weighted by Gasteiger charge is 2.25. The minimum Gasteiger partial charge on any atom is -0.349 e. The van der Waals surface area contributed by atoms with Crippen LogP contribution in [0.2, 0.25) is 0 Å². The van der Waals surface area contributed by atoms with Crippen LogP contribution in [-0.4, -0.2) is 45.8 Å². The number of piperidine rings is 1. The van der Waals surface area contributed by atoms with Crippen LogP contribution in [0.25, 0.3) is 11.0 Å². The molecule has 0 aliphatic carbocycles. The maximum absolute atomic E-state index is 12.6. The molecular formula is C21H22N4O2. The Morgan fingerprint density at radius 2 is 1.78 bits per heavy atom. The summed E-state index contributed by atoms with van der Waals surface area (Å²) in [5.41, 5.74) is 4.16. The fourth-order valence-electron chi connectivity index (χ4n) is 3.45. The minimum atomic E-state index is -0.0881. The Balaban J connectivity index is 1.34. The number of carbonyl (C=O) groups is 2. The molecule has 2 amide bonds. The molecule has 1 fully saturated rings. The lowest BCUT2D eigenvalue weighted by Crippen LogP contribution is -2.46. The van der Waals surface area contributed by atoms with Crippen LogP contribution in [0.5, 0.6) is 0 Å². The number of fused-ring (bicyclic) bond motifs is 1. The van der Waals surface area contributed by atoms with E-state index >= 15 is 0 Å². The topological polar surface area (TPSA) is 78.1 Å². The monoisotopic (exact) mass is 362 g/mol. The quantitative estimate of drug-likeness (QED) is 0.752. The zero-order valence-corrected chi connectivity index (χ0v) is 15.2. The average molecular weight is 362 g/mol. The summed E-state index contributed by atoms with van der Waals surface area (Å²) in [6.45, 7) is 3.31. The van der Waals surface area contributed by atoms with E-state index in [-0.39, 0.29) is 17.9 Å². The Kier molecular flexibility index (Phi) is 4.62. The van der Waals surface area contributed by atoms with E-state index in [0.717, 1.165) is 35.0 Å². The SMILES string of the molecule is Cc1ccc(C(=O)N2CCC(NC(=O)c3ccc4nc[nH]c4c3)CC2)cc1. The number of H-pyrrole nitrogens is 1. The summed E-state index contributed by atoms with van der Waals surface area (Å²) in [6, 6.07) is 13.2. The van der Waals surface area contributed by atoms with Crippen molar-refractivity contribution in [3.63, 3.8) is 0 Å². The molecule has 0 bridgehead atoms. The molecule has 2 heterocycles. The second kappa shape index (κ2) is 7.23. The van der Waals surface area contributed by atoms with Gasteiger partial charge >= 0.3 is 0 Å². The van der Waals surface area contributed by atoms with Crippen molar-refractivity contribution in [2.24, 2.45) is 0 Å². The van der Waals surface area contributed by atoms with Gasteiger partial charge < -0.3 is 15.2 Å². The van der Waals surface area contributed by atoms with E-state index in [1.54, 1.807) is 12.4 Å². The highest BCUT2D eigenvalue weighted by atomic mass is 16.2. The summed E-state index contributed by atoms with van der Waals surface area (Å²) >= 11 is 0. The largest absolute Gasteiger partial charge is 0.349 e. The molecule has 3 aromatic rings. The van der Waals surface area contributed by atoms with E-state index in [0.29, 0.717) is 18.7 Å².